The average Bonchev–Trinajstić information content (AvgIpc) is 2.66. The first-order chi connectivity index (χ1) is 8.61. The Morgan fingerprint density at radius 3 is 2.94 bits per heavy atom. The van der Waals surface area contributed by atoms with Gasteiger partial charge < -0.3 is 10.4 Å². The first kappa shape index (κ1) is 13.1. The zero-order valence-corrected chi connectivity index (χ0v) is 11.0. The summed E-state index contributed by atoms with van der Waals surface area (Å²) in [6.45, 7) is 4.15. The molecule has 1 amide bonds. The lowest BCUT2D eigenvalue weighted by Crippen LogP contribution is -2.34. The maximum atomic E-state index is 11.9. The molecule has 0 bridgehead atoms. The Kier molecular flexibility index (Phi) is 4.02. The van der Waals surface area contributed by atoms with Gasteiger partial charge in [0, 0.05) is 12.8 Å². The maximum Gasteiger partial charge on any atom is 0.220 e. The molecule has 18 heavy (non-hydrogen) atoms. The molecule has 1 unspecified atom stereocenters. The van der Waals surface area contributed by atoms with E-state index in [4.69, 9.17) is 0 Å². The predicted molar refractivity (Wildman–Crippen MR) is 71.1 cm³/mol. The molecular weight excluding hydrogens is 226 g/mol. The first-order valence-electron chi connectivity index (χ1n) is 6.67. The van der Waals surface area contributed by atoms with E-state index in [1.54, 1.807) is 0 Å². The SMILES string of the molecule is CCC(C)CC(=O)N[C@@H]1c2ccccc2C[C@@H]1O. The third-order valence-electron chi connectivity index (χ3n) is 3.75. The number of carbonyl (C=O) groups excluding carboxylic acids is 1. The molecule has 1 aliphatic carbocycles. The summed E-state index contributed by atoms with van der Waals surface area (Å²) in [5.74, 6) is 0.420. The van der Waals surface area contributed by atoms with Gasteiger partial charge in [-0.2, -0.15) is 0 Å². The second kappa shape index (κ2) is 5.53. The number of benzene rings is 1. The van der Waals surface area contributed by atoms with Crippen LogP contribution in [0, 0.1) is 5.92 Å². The van der Waals surface area contributed by atoms with E-state index in [1.807, 2.05) is 24.3 Å². The van der Waals surface area contributed by atoms with Crippen LogP contribution in [0.3, 0.4) is 0 Å². The van der Waals surface area contributed by atoms with E-state index in [9.17, 15) is 9.90 Å². The van der Waals surface area contributed by atoms with Crippen LogP contribution in [0.25, 0.3) is 0 Å². The van der Waals surface area contributed by atoms with Gasteiger partial charge in [0.15, 0.2) is 0 Å². The summed E-state index contributed by atoms with van der Waals surface area (Å²) in [5.41, 5.74) is 2.20. The van der Waals surface area contributed by atoms with Crippen LogP contribution in [0.2, 0.25) is 0 Å². The number of hydrogen-bond donors (Lipinski definition) is 2. The molecule has 1 aromatic rings. The molecule has 98 valence electrons. The van der Waals surface area contributed by atoms with E-state index in [1.165, 1.54) is 0 Å². The van der Waals surface area contributed by atoms with Crippen molar-refractivity contribution in [1.29, 1.82) is 0 Å². The Bertz CT molecular complexity index is 430. The van der Waals surface area contributed by atoms with Crippen molar-refractivity contribution in [3.05, 3.63) is 35.4 Å². The summed E-state index contributed by atoms with van der Waals surface area (Å²) >= 11 is 0. The van der Waals surface area contributed by atoms with Gasteiger partial charge in [0.05, 0.1) is 12.1 Å². The zero-order chi connectivity index (χ0) is 13.1. The molecule has 1 aromatic carbocycles. The number of aliphatic hydroxyl groups excluding tert-OH is 1. The van der Waals surface area contributed by atoms with Crippen molar-refractivity contribution in [3.8, 4) is 0 Å². The van der Waals surface area contributed by atoms with Crippen LogP contribution >= 0.6 is 0 Å². The molecule has 0 saturated carbocycles. The number of fused-ring (bicyclic) bond motifs is 1. The van der Waals surface area contributed by atoms with Gasteiger partial charge in [0.25, 0.3) is 0 Å². The fourth-order valence-corrected chi connectivity index (χ4v) is 2.44. The minimum absolute atomic E-state index is 0.0325. The third kappa shape index (κ3) is 2.72. The van der Waals surface area contributed by atoms with E-state index < -0.39 is 6.10 Å². The number of carbonyl (C=O) groups is 1. The highest BCUT2D eigenvalue weighted by Crippen LogP contribution is 2.31. The summed E-state index contributed by atoms with van der Waals surface area (Å²) in [6, 6.07) is 7.68. The van der Waals surface area contributed by atoms with Gasteiger partial charge in [-0.05, 0) is 17.0 Å². The number of hydrogen-bond acceptors (Lipinski definition) is 2. The van der Waals surface area contributed by atoms with Gasteiger partial charge in [0.2, 0.25) is 5.91 Å². The van der Waals surface area contributed by atoms with E-state index in [2.05, 4.69) is 19.2 Å². The summed E-state index contributed by atoms with van der Waals surface area (Å²) in [5, 5.41) is 13.0. The molecule has 0 saturated heterocycles. The Balaban J connectivity index is 2.03. The summed E-state index contributed by atoms with van der Waals surface area (Å²) in [6.07, 6.45) is 1.66. The number of amides is 1. The van der Waals surface area contributed by atoms with Crippen molar-refractivity contribution >= 4 is 5.91 Å². The van der Waals surface area contributed by atoms with Crippen LogP contribution in [0.1, 0.15) is 43.9 Å². The van der Waals surface area contributed by atoms with Gasteiger partial charge in [0.1, 0.15) is 0 Å². The predicted octanol–water partition coefficient (Wildman–Crippen LogP) is 2.20. The molecule has 0 spiro atoms. The average molecular weight is 247 g/mol. The topological polar surface area (TPSA) is 49.3 Å². The van der Waals surface area contributed by atoms with E-state index >= 15 is 0 Å². The molecular formula is C15H21NO2. The largest absolute Gasteiger partial charge is 0.390 e. The van der Waals surface area contributed by atoms with Crippen molar-refractivity contribution in [2.45, 2.75) is 45.3 Å². The van der Waals surface area contributed by atoms with Gasteiger partial charge >= 0.3 is 0 Å². The van der Waals surface area contributed by atoms with Crippen molar-refractivity contribution in [2.24, 2.45) is 5.92 Å². The van der Waals surface area contributed by atoms with Crippen LogP contribution in [-0.4, -0.2) is 17.1 Å². The monoisotopic (exact) mass is 247 g/mol. The van der Waals surface area contributed by atoms with E-state index in [0.29, 0.717) is 18.8 Å². The third-order valence-corrected chi connectivity index (χ3v) is 3.75. The molecule has 3 heteroatoms. The minimum atomic E-state index is -0.497. The first-order valence-corrected chi connectivity index (χ1v) is 6.67. The molecule has 2 N–H and O–H groups in total. The summed E-state index contributed by atoms with van der Waals surface area (Å²) in [7, 11) is 0. The van der Waals surface area contributed by atoms with Crippen LogP contribution in [0.15, 0.2) is 24.3 Å². The summed E-state index contributed by atoms with van der Waals surface area (Å²) in [4.78, 5) is 11.9. The Morgan fingerprint density at radius 2 is 2.22 bits per heavy atom. The molecule has 0 aromatic heterocycles. The van der Waals surface area contributed by atoms with Crippen LogP contribution < -0.4 is 5.32 Å². The lowest BCUT2D eigenvalue weighted by Gasteiger charge is -2.19. The van der Waals surface area contributed by atoms with Crippen LogP contribution in [0.4, 0.5) is 0 Å². The lowest BCUT2D eigenvalue weighted by atomic mass is 10.0. The molecule has 0 aliphatic heterocycles. The second-order valence-electron chi connectivity index (χ2n) is 5.23. The quantitative estimate of drug-likeness (QED) is 0.857. The summed E-state index contributed by atoms with van der Waals surface area (Å²) < 4.78 is 0. The van der Waals surface area contributed by atoms with Crippen LogP contribution in [0.5, 0.6) is 0 Å². The fourth-order valence-electron chi connectivity index (χ4n) is 2.44. The smallest absolute Gasteiger partial charge is 0.220 e. The Hall–Kier alpha value is -1.35. The van der Waals surface area contributed by atoms with Crippen molar-refractivity contribution < 1.29 is 9.90 Å². The van der Waals surface area contributed by atoms with Gasteiger partial charge in [-0.1, -0.05) is 44.5 Å². The molecule has 3 nitrogen and oxygen atoms in total. The molecule has 3 atom stereocenters. The Labute approximate surface area is 108 Å². The maximum absolute atomic E-state index is 11.9. The highest BCUT2D eigenvalue weighted by atomic mass is 16.3. The van der Waals surface area contributed by atoms with Crippen molar-refractivity contribution in [2.75, 3.05) is 0 Å². The van der Waals surface area contributed by atoms with E-state index in [0.717, 1.165) is 17.5 Å². The molecule has 0 fully saturated rings. The normalized spacial score (nSPS) is 23.5. The zero-order valence-electron chi connectivity index (χ0n) is 11.0. The standard InChI is InChI=1S/C15H21NO2/c1-3-10(2)8-14(18)16-15-12-7-5-4-6-11(12)9-13(15)17/h4-7,10,13,15,17H,3,8-9H2,1-2H3,(H,16,18)/t10?,13-,15+/m0/s1. The molecule has 0 heterocycles. The highest BCUT2D eigenvalue weighted by Gasteiger charge is 2.31. The Morgan fingerprint density at radius 1 is 1.50 bits per heavy atom. The van der Waals surface area contributed by atoms with Crippen molar-refractivity contribution in [3.63, 3.8) is 0 Å². The van der Waals surface area contributed by atoms with Gasteiger partial charge in [-0.3, -0.25) is 4.79 Å². The van der Waals surface area contributed by atoms with Crippen LogP contribution in [-0.2, 0) is 11.2 Å². The number of rotatable bonds is 4. The molecule has 2 rings (SSSR count). The number of nitrogens with one attached hydrogen (secondary N) is 1. The fraction of sp³-hybridized carbons (Fsp3) is 0.533. The highest BCUT2D eigenvalue weighted by molar-refractivity contribution is 5.77. The molecule has 1 aliphatic rings. The second-order valence-corrected chi connectivity index (χ2v) is 5.23. The lowest BCUT2D eigenvalue weighted by molar-refractivity contribution is -0.123. The van der Waals surface area contributed by atoms with Crippen molar-refractivity contribution in [1.82, 2.24) is 5.32 Å². The van der Waals surface area contributed by atoms with Gasteiger partial charge in [-0.25, -0.2) is 0 Å². The molecule has 0 radical (unpaired) electrons. The van der Waals surface area contributed by atoms with Gasteiger partial charge in [-0.15, -0.1) is 0 Å². The number of aliphatic hydroxyl groups is 1. The van der Waals surface area contributed by atoms with E-state index in [-0.39, 0.29) is 11.9 Å². The minimum Gasteiger partial charge on any atom is -0.390 e.